The van der Waals surface area contributed by atoms with E-state index in [4.69, 9.17) is 4.74 Å². The largest absolute Gasteiger partial charge is 0.496 e. The van der Waals surface area contributed by atoms with Gasteiger partial charge in [-0.1, -0.05) is 12.1 Å². The molecule has 0 aliphatic heterocycles. The molecule has 1 aromatic heterocycles. The lowest BCUT2D eigenvalue weighted by molar-refractivity contribution is -0.121. The minimum absolute atomic E-state index is 0.0810. The molecule has 31 heavy (non-hydrogen) atoms. The van der Waals surface area contributed by atoms with E-state index in [0.29, 0.717) is 18.5 Å². The Labute approximate surface area is 182 Å². The van der Waals surface area contributed by atoms with Crippen molar-refractivity contribution in [3.8, 4) is 5.75 Å². The van der Waals surface area contributed by atoms with Gasteiger partial charge in [0.05, 0.1) is 23.0 Å². The quantitative estimate of drug-likeness (QED) is 0.576. The van der Waals surface area contributed by atoms with Crippen LogP contribution in [0.4, 0.5) is 0 Å². The third-order valence-corrected chi connectivity index (χ3v) is 7.07. The molecule has 0 saturated carbocycles. The Hall–Kier alpha value is -2.91. The van der Waals surface area contributed by atoms with Crippen molar-refractivity contribution in [3.05, 3.63) is 53.3 Å². The number of carbonyl (C=O) groups excluding carboxylic acids is 1. The number of benzene rings is 2. The molecule has 0 saturated heterocycles. The molecule has 0 atom stereocenters. The number of nitrogens with zero attached hydrogens (tertiary/aromatic N) is 3. The normalized spacial score (nSPS) is 11.8. The Morgan fingerprint density at radius 3 is 2.61 bits per heavy atom. The molecule has 166 valence electrons. The number of hydrogen-bond acceptors (Lipinski definition) is 5. The summed E-state index contributed by atoms with van der Waals surface area (Å²) in [6.07, 6.45) is 0.729. The molecule has 0 bridgehead atoms. The molecular formula is C22H28N4O4S. The number of sulfonamides is 1. The zero-order chi connectivity index (χ0) is 22.8. The van der Waals surface area contributed by atoms with Crippen LogP contribution in [0.25, 0.3) is 11.0 Å². The number of ether oxygens (including phenoxy) is 1. The second-order valence-corrected chi connectivity index (χ2v) is 9.76. The second kappa shape index (κ2) is 9.07. The fourth-order valence-electron chi connectivity index (χ4n) is 3.31. The van der Waals surface area contributed by atoms with E-state index >= 15 is 0 Å². The molecule has 0 radical (unpaired) electrons. The Balaban J connectivity index is 1.66. The van der Waals surface area contributed by atoms with Crippen LogP contribution in [0.2, 0.25) is 0 Å². The number of hydrogen-bond donors (Lipinski definition) is 1. The fourth-order valence-corrected chi connectivity index (χ4v) is 4.24. The van der Waals surface area contributed by atoms with E-state index in [1.54, 1.807) is 25.3 Å². The van der Waals surface area contributed by atoms with Gasteiger partial charge in [-0.15, -0.1) is 0 Å². The lowest BCUT2D eigenvalue weighted by atomic mass is 10.1. The molecule has 1 amide bonds. The van der Waals surface area contributed by atoms with Crippen LogP contribution < -0.4 is 10.1 Å². The Morgan fingerprint density at radius 1 is 1.19 bits per heavy atom. The third-order valence-electron chi connectivity index (χ3n) is 5.26. The highest BCUT2D eigenvalue weighted by molar-refractivity contribution is 7.89. The Kier molecular flexibility index (Phi) is 6.66. The van der Waals surface area contributed by atoms with E-state index in [9.17, 15) is 13.2 Å². The molecule has 0 unspecified atom stereocenters. The van der Waals surface area contributed by atoms with Crippen molar-refractivity contribution in [2.24, 2.45) is 7.05 Å². The summed E-state index contributed by atoms with van der Waals surface area (Å²) < 4.78 is 33.1. The van der Waals surface area contributed by atoms with Crippen molar-refractivity contribution in [2.75, 3.05) is 21.2 Å². The first-order valence-corrected chi connectivity index (χ1v) is 11.4. The van der Waals surface area contributed by atoms with E-state index in [2.05, 4.69) is 10.3 Å². The number of aromatic nitrogens is 2. The number of aryl methyl sites for hydroxylation is 3. The monoisotopic (exact) mass is 444 g/mol. The van der Waals surface area contributed by atoms with Gasteiger partial charge in [-0.05, 0) is 42.3 Å². The number of nitrogens with one attached hydrogen (secondary N) is 1. The van der Waals surface area contributed by atoms with Gasteiger partial charge in [-0.2, -0.15) is 0 Å². The van der Waals surface area contributed by atoms with E-state index in [0.717, 1.165) is 28.2 Å². The van der Waals surface area contributed by atoms with Crippen LogP contribution in [-0.2, 0) is 34.8 Å². The SMILES string of the molecule is COc1cc(CNC(=O)CCc2nc3cc(S(=O)(=O)N(C)C)ccc3n2C)ccc1C. The summed E-state index contributed by atoms with van der Waals surface area (Å²) in [7, 11) is 2.95. The maximum absolute atomic E-state index is 12.4. The maximum atomic E-state index is 12.4. The minimum atomic E-state index is -3.53. The van der Waals surface area contributed by atoms with Gasteiger partial charge in [0.25, 0.3) is 0 Å². The number of carbonyl (C=O) groups is 1. The highest BCUT2D eigenvalue weighted by Gasteiger charge is 2.19. The third kappa shape index (κ3) is 4.88. The molecule has 2 aromatic carbocycles. The number of rotatable bonds is 8. The van der Waals surface area contributed by atoms with Crippen molar-refractivity contribution < 1.29 is 17.9 Å². The summed E-state index contributed by atoms with van der Waals surface area (Å²) in [5.41, 5.74) is 3.42. The van der Waals surface area contributed by atoms with Crippen LogP contribution >= 0.6 is 0 Å². The first kappa shape index (κ1) is 22.8. The number of methoxy groups -OCH3 is 1. The molecule has 0 fully saturated rings. The van der Waals surface area contributed by atoms with Gasteiger partial charge >= 0.3 is 0 Å². The topological polar surface area (TPSA) is 93.5 Å². The van der Waals surface area contributed by atoms with Crippen LogP contribution in [-0.4, -0.2) is 49.4 Å². The Morgan fingerprint density at radius 2 is 1.94 bits per heavy atom. The average Bonchev–Trinajstić information content (AvgIpc) is 3.06. The molecule has 0 aliphatic rings. The number of fused-ring (bicyclic) bond motifs is 1. The summed E-state index contributed by atoms with van der Waals surface area (Å²) in [4.78, 5) is 17.1. The first-order chi connectivity index (χ1) is 14.6. The van der Waals surface area contributed by atoms with E-state index in [1.807, 2.05) is 36.7 Å². The number of imidazole rings is 1. The van der Waals surface area contributed by atoms with Gasteiger partial charge in [0, 0.05) is 40.5 Å². The second-order valence-electron chi connectivity index (χ2n) is 7.61. The van der Waals surface area contributed by atoms with E-state index in [1.165, 1.54) is 18.4 Å². The number of amides is 1. The predicted molar refractivity (Wildman–Crippen MR) is 119 cm³/mol. The minimum Gasteiger partial charge on any atom is -0.496 e. The van der Waals surface area contributed by atoms with Crippen LogP contribution in [0.3, 0.4) is 0 Å². The molecule has 0 spiro atoms. The summed E-state index contributed by atoms with van der Waals surface area (Å²) in [5.74, 6) is 1.44. The van der Waals surface area contributed by atoms with Crippen molar-refractivity contribution >= 4 is 27.0 Å². The van der Waals surface area contributed by atoms with Crippen LogP contribution in [0.1, 0.15) is 23.4 Å². The molecular weight excluding hydrogens is 416 g/mol. The van der Waals surface area contributed by atoms with Gasteiger partial charge < -0.3 is 14.6 Å². The molecule has 1 N–H and O–H groups in total. The molecule has 3 aromatic rings. The molecule has 3 rings (SSSR count). The van der Waals surface area contributed by atoms with Crippen LogP contribution in [0, 0.1) is 6.92 Å². The average molecular weight is 445 g/mol. The molecule has 9 heteroatoms. The lowest BCUT2D eigenvalue weighted by Crippen LogP contribution is -2.23. The highest BCUT2D eigenvalue weighted by Crippen LogP contribution is 2.22. The van der Waals surface area contributed by atoms with E-state index < -0.39 is 10.0 Å². The molecule has 8 nitrogen and oxygen atoms in total. The standard InChI is InChI=1S/C22H28N4O4S/c1-15-6-7-16(12-20(15)30-5)14-23-22(27)11-10-21-24-18-13-17(31(28,29)25(2)3)8-9-19(18)26(21)4/h6-9,12-13H,10-11,14H2,1-5H3,(H,23,27). The molecule has 0 aliphatic carbocycles. The van der Waals surface area contributed by atoms with Gasteiger partial charge in [0.2, 0.25) is 15.9 Å². The fraction of sp³-hybridized carbons (Fsp3) is 0.364. The Bertz CT molecular complexity index is 1220. The maximum Gasteiger partial charge on any atom is 0.242 e. The highest BCUT2D eigenvalue weighted by atomic mass is 32.2. The van der Waals surface area contributed by atoms with Gasteiger partial charge in [0.1, 0.15) is 11.6 Å². The zero-order valence-corrected chi connectivity index (χ0v) is 19.3. The zero-order valence-electron chi connectivity index (χ0n) is 18.5. The summed E-state index contributed by atoms with van der Waals surface area (Å²) in [6, 6.07) is 10.7. The van der Waals surface area contributed by atoms with Crippen molar-refractivity contribution in [2.45, 2.75) is 31.2 Å². The molecule has 1 heterocycles. The summed E-state index contributed by atoms with van der Waals surface area (Å²) in [6.45, 7) is 2.39. The van der Waals surface area contributed by atoms with Crippen LogP contribution in [0.5, 0.6) is 5.75 Å². The first-order valence-electron chi connectivity index (χ1n) is 9.91. The van der Waals surface area contributed by atoms with Gasteiger partial charge in [-0.25, -0.2) is 17.7 Å². The predicted octanol–water partition coefficient (Wildman–Crippen LogP) is 2.39. The van der Waals surface area contributed by atoms with E-state index in [-0.39, 0.29) is 17.2 Å². The van der Waals surface area contributed by atoms with Crippen molar-refractivity contribution in [1.82, 2.24) is 19.2 Å². The van der Waals surface area contributed by atoms with Gasteiger partial charge in [-0.3, -0.25) is 4.79 Å². The van der Waals surface area contributed by atoms with Crippen LogP contribution in [0.15, 0.2) is 41.3 Å². The smallest absolute Gasteiger partial charge is 0.242 e. The summed E-state index contributed by atoms with van der Waals surface area (Å²) >= 11 is 0. The van der Waals surface area contributed by atoms with Crippen molar-refractivity contribution in [3.63, 3.8) is 0 Å². The van der Waals surface area contributed by atoms with Crippen molar-refractivity contribution in [1.29, 1.82) is 0 Å². The lowest BCUT2D eigenvalue weighted by Gasteiger charge is -2.11. The van der Waals surface area contributed by atoms with Gasteiger partial charge in [0.15, 0.2) is 0 Å². The summed E-state index contributed by atoms with van der Waals surface area (Å²) in [5, 5.41) is 2.92.